The monoisotopic (exact) mass is 714 g/mol. The summed E-state index contributed by atoms with van der Waals surface area (Å²) in [6, 6.07) is 51.4. The molecule has 0 spiro atoms. The summed E-state index contributed by atoms with van der Waals surface area (Å²) < 4.78 is 16.5. The van der Waals surface area contributed by atoms with E-state index in [1.54, 1.807) is 0 Å². The first kappa shape index (κ1) is 29.1. The van der Waals surface area contributed by atoms with E-state index in [0.717, 1.165) is 45.2 Å². The first-order valence-electron chi connectivity index (χ1n) is 17.6. The molecule has 0 radical (unpaired) electrons. The van der Waals surface area contributed by atoms with Crippen molar-refractivity contribution in [1.29, 1.82) is 0 Å². The molecule has 7 heteroatoms. The van der Waals surface area contributed by atoms with E-state index in [4.69, 9.17) is 14.7 Å². The molecule has 0 atom stereocenters. The number of pyridine rings is 2. The van der Waals surface area contributed by atoms with E-state index in [9.17, 15) is 0 Å². The molecule has 0 aliphatic heterocycles. The van der Waals surface area contributed by atoms with Crippen LogP contribution < -0.4 is 4.74 Å². The van der Waals surface area contributed by atoms with Gasteiger partial charge in [0, 0.05) is 86.4 Å². The van der Waals surface area contributed by atoms with Gasteiger partial charge in [0.25, 0.3) is 0 Å². The molecule has 0 aliphatic carbocycles. The van der Waals surface area contributed by atoms with E-state index in [-0.39, 0.29) is 0 Å². The van der Waals surface area contributed by atoms with Gasteiger partial charge in [0.05, 0.1) is 22.1 Å². The summed E-state index contributed by atoms with van der Waals surface area (Å²) in [5.74, 6) is 3.27. The first-order valence-corrected chi connectivity index (χ1v) is 19.2. The number of rotatable bonds is 4. The molecule has 12 rings (SSSR count). The van der Waals surface area contributed by atoms with Crippen molar-refractivity contribution in [2.45, 2.75) is 0 Å². The van der Waals surface area contributed by atoms with Crippen LogP contribution in [-0.2, 0) is 0 Å². The molecule has 248 valence electrons. The van der Waals surface area contributed by atoms with Gasteiger partial charge in [-0.1, -0.05) is 60.7 Å². The van der Waals surface area contributed by atoms with Gasteiger partial charge in [-0.3, -0.25) is 9.13 Å². The molecule has 6 aromatic heterocycles. The van der Waals surface area contributed by atoms with Crippen molar-refractivity contribution in [2.75, 3.05) is 0 Å². The number of aromatic nitrogens is 4. The molecule has 0 amide bonds. The summed E-state index contributed by atoms with van der Waals surface area (Å²) in [6.07, 6.45) is 3.71. The minimum absolute atomic E-state index is 0.761. The zero-order chi connectivity index (χ0) is 34.6. The van der Waals surface area contributed by atoms with Crippen LogP contribution in [0, 0.1) is 0 Å². The van der Waals surface area contributed by atoms with Gasteiger partial charge in [0.2, 0.25) is 0 Å². The molecule has 0 saturated carbocycles. The fraction of sp³-hybridized carbons (Fsp3) is 0. The Labute approximate surface area is 310 Å². The van der Waals surface area contributed by atoms with Crippen molar-refractivity contribution in [3.8, 4) is 23.1 Å². The highest BCUT2D eigenvalue weighted by Gasteiger charge is 2.21. The number of benzene rings is 6. The van der Waals surface area contributed by atoms with Crippen molar-refractivity contribution in [1.82, 2.24) is 19.1 Å². The van der Waals surface area contributed by atoms with E-state index in [2.05, 4.69) is 130 Å². The van der Waals surface area contributed by atoms with E-state index >= 15 is 0 Å². The number of nitrogens with zero attached hydrogens (tertiary/aromatic N) is 4. The molecule has 5 nitrogen and oxygen atoms in total. The quantitative estimate of drug-likeness (QED) is 0.182. The molecule has 0 aliphatic rings. The smallest absolute Gasteiger partial charge is 0.137 e. The summed E-state index contributed by atoms with van der Waals surface area (Å²) in [7, 11) is 0. The average Bonchev–Trinajstić information content (AvgIpc) is 3.95. The van der Waals surface area contributed by atoms with E-state index in [1.165, 1.54) is 61.9 Å². The number of fused-ring (bicyclic) bond motifs is 14. The lowest BCUT2D eigenvalue weighted by atomic mass is 10.1. The van der Waals surface area contributed by atoms with Crippen LogP contribution in [0.2, 0.25) is 0 Å². The second-order valence-electron chi connectivity index (χ2n) is 13.4. The predicted molar refractivity (Wildman–Crippen MR) is 223 cm³/mol. The molecule has 0 saturated heterocycles. The molecular formula is C46H26N4OS2. The standard InChI is InChI=1S/C46H26N4OS2/c1-3-11-39-29(9-1)31-19-21-35-43(45(31)52-39)33-17-15-27(25-37(33)49(35)41-13-5-7-23-47-41)51-28-16-18-34-38(26-28)50(42-14-6-8-24-48-42)36-22-20-32-30-10-2-4-12-40(30)53-46(32)44(34)36/h1-26H. The van der Waals surface area contributed by atoms with Crippen LogP contribution in [0.4, 0.5) is 0 Å². The van der Waals surface area contributed by atoms with Crippen LogP contribution in [0.25, 0.3) is 95.6 Å². The van der Waals surface area contributed by atoms with Gasteiger partial charge in [-0.05, 0) is 72.8 Å². The highest BCUT2D eigenvalue weighted by molar-refractivity contribution is 7.27. The Bertz CT molecular complexity index is 3200. The third-order valence-electron chi connectivity index (χ3n) is 10.5. The number of ether oxygens (including phenoxy) is 1. The second kappa shape index (κ2) is 11.0. The Morgan fingerprint density at radius 1 is 0.396 bits per heavy atom. The average molecular weight is 715 g/mol. The van der Waals surface area contributed by atoms with E-state index in [1.807, 2.05) is 59.3 Å². The molecule has 0 bridgehead atoms. The van der Waals surface area contributed by atoms with Gasteiger partial charge in [-0.25, -0.2) is 9.97 Å². The summed E-state index contributed by atoms with van der Waals surface area (Å²) >= 11 is 3.71. The maximum Gasteiger partial charge on any atom is 0.137 e. The molecule has 0 N–H and O–H groups in total. The Balaban J connectivity index is 1.07. The van der Waals surface area contributed by atoms with Gasteiger partial charge >= 0.3 is 0 Å². The Morgan fingerprint density at radius 2 is 0.849 bits per heavy atom. The van der Waals surface area contributed by atoms with Crippen molar-refractivity contribution in [2.24, 2.45) is 0 Å². The van der Waals surface area contributed by atoms with Crippen molar-refractivity contribution in [3.63, 3.8) is 0 Å². The molecule has 0 fully saturated rings. The number of hydrogen-bond donors (Lipinski definition) is 0. The van der Waals surface area contributed by atoms with Gasteiger partial charge in [0.1, 0.15) is 23.1 Å². The Morgan fingerprint density at radius 3 is 1.32 bits per heavy atom. The van der Waals surface area contributed by atoms with E-state index < -0.39 is 0 Å². The Hall–Kier alpha value is -6.54. The molecule has 6 aromatic carbocycles. The van der Waals surface area contributed by atoms with Crippen molar-refractivity contribution < 1.29 is 4.74 Å². The summed E-state index contributed by atoms with van der Waals surface area (Å²) in [4.78, 5) is 9.61. The van der Waals surface area contributed by atoms with Crippen LogP contribution in [0.15, 0.2) is 158 Å². The van der Waals surface area contributed by atoms with Crippen molar-refractivity contribution in [3.05, 3.63) is 158 Å². The van der Waals surface area contributed by atoms with Gasteiger partial charge in [-0.15, -0.1) is 22.7 Å². The molecule has 53 heavy (non-hydrogen) atoms. The lowest BCUT2D eigenvalue weighted by Crippen LogP contribution is -1.97. The van der Waals surface area contributed by atoms with Crippen LogP contribution in [0.5, 0.6) is 11.5 Å². The van der Waals surface area contributed by atoms with Crippen LogP contribution in [0.3, 0.4) is 0 Å². The first-order chi connectivity index (χ1) is 26.3. The number of hydrogen-bond acceptors (Lipinski definition) is 5. The second-order valence-corrected chi connectivity index (χ2v) is 15.5. The van der Waals surface area contributed by atoms with E-state index in [0.29, 0.717) is 0 Å². The van der Waals surface area contributed by atoms with Gasteiger partial charge in [-0.2, -0.15) is 0 Å². The maximum absolute atomic E-state index is 6.78. The largest absolute Gasteiger partial charge is 0.457 e. The van der Waals surface area contributed by atoms with Crippen molar-refractivity contribution >= 4 is 107 Å². The third kappa shape index (κ3) is 4.17. The molecule has 6 heterocycles. The predicted octanol–water partition coefficient (Wildman–Crippen LogP) is 13.2. The lowest BCUT2D eigenvalue weighted by Gasteiger charge is -2.10. The van der Waals surface area contributed by atoms with Gasteiger partial charge < -0.3 is 4.74 Å². The van der Waals surface area contributed by atoms with Crippen LogP contribution >= 0.6 is 22.7 Å². The highest BCUT2D eigenvalue weighted by Crippen LogP contribution is 2.46. The maximum atomic E-state index is 6.78. The fourth-order valence-corrected chi connectivity index (χ4v) is 10.8. The van der Waals surface area contributed by atoms with Crippen LogP contribution in [0.1, 0.15) is 0 Å². The topological polar surface area (TPSA) is 44.9 Å². The zero-order valence-electron chi connectivity index (χ0n) is 28.0. The highest BCUT2D eigenvalue weighted by atomic mass is 32.1. The fourth-order valence-electron chi connectivity index (χ4n) is 8.25. The van der Waals surface area contributed by atoms with Gasteiger partial charge in [0.15, 0.2) is 0 Å². The van der Waals surface area contributed by atoms with Crippen LogP contribution in [-0.4, -0.2) is 19.1 Å². The molecule has 12 aromatic rings. The normalized spacial score (nSPS) is 12.2. The molecule has 0 unspecified atom stereocenters. The minimum Gasteiger partial charge on any atom is -0.457 e. The summed E-state index contributed by atoms with van der Waals surface area (Å²) in [5.41, 5.74) is 4.36. The third-order valence-corrected chi connectivity index (χ3v) is 12.9. The summed E-state index contributed by atoms with van der Waals surface area (Å²) in [6.45, 7) is 0. The zero-order valence-corrected chi connectivity index (χ0v) is 29.7. The molecular weight excluding hydrogens is 689 g/mol. The minimum atomic E-state index is 0.761. The lowest BCUT2D eigenvalue weighted by molar-refractivity contribution is 0.484. The Kier molecular flexibility index (Phi) is 6.03. The summed E-state index contributed by atoms with van der Waals surface area (Å²) in [5, 5.41) is 9.97. The number of thiophene rings is 2. The SMILES string of the molecule is c1ccc(-n2c3cc(Oc4ccc5c6c7sc8ccccc8c7ccc6n(-c6ccccn6)c5c4)ccc3c3c4sc5ccccc5c4ccc32)nc1.